The molecule has 0 amide bonds. The third kappa shape index (κ3) is 18.7. The fourth-order valence-corrected chi connectivity index (χ4v) is 0.668. The first kappa shape index (κ1) is 30.5. The molecule has 11 nitrogen and oxygen atoms in total. The first-order chi connectivity index (χ1) is 7.91. The molecule has 114 valence electrons. The molecule has 9 N–H and O–H groups in total. The molecule has 0 aromatic heterocycles. The van der Waals surface area contributed by atoms with Crippen LogP contribution >= 0.6 is 7.82 Å². The van der Waals surface area contributed by atoms with Gasteiger partial charge in [-0.3, -0.25) is 0 Å². The van der Waals surface area contributed by atoms with E-state index in [4.69, 9.17) is 49.9 Å². The predicted molar refractivity (Wildman–Crippen MR) is 67.3 cm³/mol. The van der Waals surface area contributed by atoms with Crippen molar-refractivity contribution in [3.63, 3.8) is 0 Å². The summed E-state index contributed by atoms with van der Waals surface area (Å²) >= 11 is 0. The van der Waals surface area contributed by atoms with Crippen LogP contribution in [0.3, 0.4) is 0 Å². The Morgan fingerprint density at radius 3 is 1.45 bits per heavy atom. The molecule has 0 aromatic rings. The van der Waals surface area contributed by atoms with Gasteiger partial charge in [-0.2, -0.15) is 0 Å². The summed E-state index contributed by atoms with van der Waals surface area (Å²) in [6, 6.07) is 0. The van der Waals surface area contributed by atoms with Gasteiger partial charge in [0.25, 0.3) is 0 Å². The molecule has 0 aliphatic carbocycles. The number of rotatable bonds is 5. The van der Waals surface area contributed by atoms with E-state index >= 15 is 0 Å². The number of carbonyl (C=O) groups is 1. The maximum atomic E-state index is 10.1. The molecular formula is C6H17K2O11P. The Balaban J connectivity index is -0.000000158. The van der Waals surface area contributed by atoms with E-state index in [1.54, 1.807) is 0 Å². The Kier molecular flexibility index (Phi) is 23.2. The van der Waals surface area contributed by atoms with Gasteiger partial charge >= 0.3 is 117 Å². The molecule has 0 unspecified atom stereocenters. The molecule has 0 radical (unpaired) electrons. The number of hydrogen-bond donors (Lipinski definition) is 9. The van der Waals surface area contributed by atoms with Crippen molar-refractivity contribution < 1.29 is 54.7 Å². The van der Waals surface area contributed by atoms with E-state index in [0.717, 1.165) is 0 Å². The van der Waals surface area contributed by atoms with Crippen LogP contribution in [-0.4, -0.2) is 185 Å². The van der Waals surface area contributed by atoms with Crippen LogP contribution in [0.2, 0.25) is 0 Å². The molecule has 0 aliphatic rings. The molecule has 0 spiro atoms. The number of aliphatic hydroxyl groups is 5. The summed E-state index contributed by atoms with van der Waals surface area (Å²) in [6.45, 7) is -0.843. The second kappa shape index (κ2) is 15.2. The Morgan fingerprint density at radius 1 is 0.950 bits per heavy atom. The number of aliphatic hydroxyl groups excluding tert-OH is 5. The molecule has 14 heteroatoms. The molecule has 0 rings (SSSR count). The van der Waals surface area contributed by atoms with Crippen LogP contribution in [0.4, 0.5) is 0 Å². The predicted octanol–water partition coefficient (Wildman–Crippen LogP) is -5.72. The van der Waals surface area contributed by atoms with Gasteiger partial charge in [-0.15, -0.1) is 0 Å². The Bertz CT molecular complexity index is 288. The van der Waals surface area contributed by atoms with Gasteiger partial charge in [0.05, 0.1) is 6.61 Å². The average molecular weight is 374 g/mol. The van der Waals surface area contributed by atoms with E-state index in [1.807, 2.05) is 0 Å². The van der Waals surface area contributed by atoms with Gasteiger partial charge in [-0.05, 0) is 0 Å². The molecular weight excluding hydrogens is 357 g/mol. The maximum absolute atomic E-state index is 10.1. The van der Waals surface area contributed by atoms with Gasteiger partial charge in [0.15, 0.2) is 6.10 Å². The number of phosphoric acid groups is 1. The summed E-state index contributed by atoms with van der Waals surface area (Å²) in [5.74, 6) is -1.73. The van der Waals surface area contributed by atoms with E-state index in [0.29, 0.717) is 0 Å². The molecule has 4 atom stereocenters. The van der Waals surface area contributed by atoms with Crippen molar-refractivity contribution in [2.45, 2.75) is 24.4 Å². The molecule has 0 saturated heterocycles. The minimum atomic E-state index is -4.64. The van der Waals surface area contributed by atoms with Crippen LogP contribution in [-0.2, 0) is 9.36 Å². The quantitative estimate of drug-likeness (QED) is 0.163. The fraction of sp³-hybridized carbons (Fsp3) is 0.833. The first-order valence-electron chi connectivity index (χ1n) is 4.26. The van der Waals surface area contributed by atoms with Crippen LogP contribution in [0.5, 0.6) is 0 Å². The van der Waals surface area contributed by atoms with Crippen molar-refractivity contribution in [2.24, 2.45) is 0 Å². The van der Waals surface area contributed by atoms with Gasteiger partial charge in [-0.25, -0.2) is 9.36 Å². The van der Waals surface area contributed by atoms with Crippen molar-refractivity contribution >= 4 is 117 Å². The fourth-order valence-electron chi connectivity index (χ4n) is 0.668. The summed E-state index contributed by atoms with van der Waals surface area (Å²) in [7, 11) is -4.64. The standard InChI is InChI=1S/C6H12O7.2K.H3O4P.2H/c7-1-2(8)3(9)4(10)5(11)6(12)13;;;1-5(2,3)4;;/h2-5,7-11H,1H2,(H,12,13);;;(H3,1,2,3,4);;/t2-,3-,4+,5-;;;;;/m1...../s1. The van der Waals surface area contributed by atoms with E-state index in [9.17, 15) is 4.79 Å². The van der Waals surface area contributed by atoms with Crippen LogP contribution in [0.25, 0.3) is 0 Å². The monoisotopic (exact) mass is 374 g/mol. The number of aliphatic carboxylic acids is 1. The Labute approximate surface area is 198 Å². The average Bonchev–Trinajstić information content (AvgIpc) is 2.22. The zero-order chi connectivity index (χ0) is 15.1. The molecule has 20 heavy (non-hydrogen) atoms. The van der Waals surface area contributed by atoms with Crippen molar-refractivity contribution in [2.75, 3.05) is 6.61 Å². The number of hydrogen-bond acceptors (Lipinski definition) is 7. The SMILES string of the molecule is O=C(O)[C@H](O)[C@@H](O)[C@H](O)[C@H](O)CO.O=P(O)(O)O.[KH].[KH]. The van der Waals surface area contributed by atoms with Gasteiger partial charge in [0, 0.05) is 0 Å². The van der Waals surface area contributed by atoms with Crippen molar-refractivity contribution in [3.8, 4) is 0 Å². The Morgan fingerprint density at radius 2 is 1.25 bits per heavy atom. The van der Waals surface area contributed by atoms with Crippen molar-refractivity contribution in [1.29, 1.82) is 0 Å². The van der Waals surface area contributed by atoms with Gasteiger partial charge in [0.1, 0.15) is 18.3 Å². The molecule has 0 heterocycles. The van der Waals surface area contributed by atoms with Crippen molar-refractivity contribution in [3.05, 3.63) is 0 Å². The summed E-state index contributed by atoms with van der Waals surface area (Å²) in [4.78, 5) is 31.7. The Hall–Kier alpha value is 2.65. The summed E-state index contributed by atoms with van der Waals surface area (Å²) in [5.41, 5.74) is 0. The summed E-state index contributed by atoms with van der Waals surface area (Å²) in [5, 5.41) is 51.8. The zero-order valence-electron chi connectivity index (χ0n) is 8.81. The molecule has 0 saturated carbocycles. The summed E-state index contributed by atoms with van der Waals surface area (Å²) < 4.78 is 8.88. The molecule has 0 aromatic carbocycles. The van der Waals surface area contributed by atoms with E-state index in [2.05, 4.69) is 0 Å². The van der Waals surface area contributed by atoms with Gasteiger partial charge in [-0.1, -0.05) is 0 Å². The third-order valence-corrected chi connectivity index (χ3v) is 1.51. The molecule has 0 fully saturated rings. The van der Waals surface area contributed by atoms with Crippen LogP contribution in [0.15, 0.2) is 0 Å². The van der Waals surface area contributed by atoms with Gasteiger partial charge < -0.3 is 45.3 Å². The summed E-state index contributed by atoms with van der Waals surface area (Å²) in [6.07, 6.45) is -7.84. The first-order valence-corrected chi connectivity index (χ1v) is 5.82. The van der Waals surface area contributed by atoms with Crippen LogP contribution in [0.1, 0.15) is 0 Å². The van der Waals surface area contributed by atoms with E-state index in [-0.39, 0.29) is 103 Å². The number of carboxylic acids is 1. The zero-order valence-corrected chi connectivity index (χ0v) is 9.70. The van der Waals surface area contributed by atoms with Crippen molar-refractivity contribution in [1.82, 2.24) is 0 Å². The van der Waals surface area contributed by atoms with Gasteiger partial charge in [0.2, 0.25) is 0 Å². The normalized spacial score (nSPS) is 16.2. The third-order valence-electron chi connectivity index (χ3n) is 1.51. The van der Waals surface area contributed by atoms with E-state index in [1.165, 1.54) is 0 Å². The second-order valence-electron chi connectivity index (χ2n) is 3.03. The molecule has 0 bridgehead atoms. The topological polar surface area (TPSA) is 216 Å². The van der Waals surface area contributed by atoms with Crippen LogP contribution in [0, 0.1) is 0 Å². The van der Waals surface area contributed by atoms with Crippen LogP contribution < -0.4 is 0 Å². The minimum absolute atomic E-state index is 0. The number of carboxylic acid groups (broad SMARTS) is 1. The molecule has 0 aliphatic heterocycles. The van der Waals surface area contributed by atoms with E-state index < -0.39 is 44.8 Å². The second-order valence-corrected chi connectivity index (χ2v) is 4.05.